The Morgan fingerprint density at radius 1 is 1.21 bits per heavy atom. The molecular weight excluding hydrogens is 409 g/mol. The molecule has 0 N–H and O–H groups in total. The number of hydrogen-bond acceptors (Lipinski definition) is 4. The number of hydrogen-bond donors (Lipinski definition) is 0. The molecule has 2 aromatic carbocycles. The molecule has 0 saturated carbocycles. The number of halogens is 2. The van der Waals surface area contributed by atoms with E-state index in [1.807, 2.05) is 28.8 Å². The summed E-state index contributed by atoms with van der Waals surface area (Å²) in [6.07, 6.45) is 3.92. The first kappa shape index (κ1) is 21.4. The van der Waals surface area contributed by atoms with Gasteiger partial charge in [0.15, 0.2) is 11.0 Å². The molecule has 0 radical (unpaired) electrons. The molecule has 0 fully saturated rings. The zero-order valence-corrected chi connectivity index (χ0v) is 17.8. The standard InChI is InChI=1S/C22H23ClFN3OS/c1-3-5-14-28-17-11-9-16(10-12-17)21-25-26-22(27(21)13-4-2)29-15-18-19(23)7-6-8-20(18)24/h4,6-12H,2-3,5,13-15H2,1H3. The van der Waals surface area contributed by atoms with Crippen LogP contribution in [0.4, 0.5) is 4.39 Å². The van der Waals surface area contributed by atoms with Gasteiger partial charge in [-0.05, 0) is 42.8 Å². The minimum atomic E-state index is -0.321. The molecule has 0 saturated heterocycles. The predicted octanol–water partition coefficient (Wildman–Crippen LogP) is 6.39. The van der Waals surface area contributed by atoms with Crippen LogP contribution in [0.15, 0.2) is 60.3 Å². The molecule has 152 valence electrons. The lowest BCUT2D eigenvalue weighted by Gasteiger charge is -2.10. The summed E-state index contributed by atoms with van der Waals surface area (Å²) in [4.78, 5) is 0. The van der Waals surface area contributed by atoms with Crippen LogP contribution < -0.4 is 4.74 Å². The molecule has 0 unspecified atom stereocenters. The van der Waals surface area contributed by atoms with Crippen LogP contribution in [0.5, 0.6) is 5.75 Å². The van der Waals surface area contributed by atoms with Crippen LogP contribution in [0, 0.1) is 5.82 Å². The smallest absolute Gasteiger partial charge is 0.192 e. The van der Waals surface area contributed by atoms with Gasteiger partial charge in [0.1, 0.15) is 11.6 Å². The molecule has 0 aliphatic rings. The number of thioether (sulfide) groups is 1. The van der Waals surface area contributed by atoms with Gasteiger partial charge < -0.3 is 4.74 Å². The van der Waals surface area contributed by atoms with Crippen molar-refractivity contribution in [3.8, 4) is 17.1 Å². The topological polar surface area (TPSA) is 39.9 Å². The van der Waals surface area contributed by atoms with E-state index < -0.39 is 0 Å². The fourth-order valence-corrected chi connectivity index (χ4v) is 4.04. The van der Waals surface area contributed by atoms with E-state index in [0.717, 1.165) is 30.0 Å². The molecule has 29 heavy (non-hydrogen) atoms. The average Bonchev–Trinajstić information content (AvgIpc) is 3.11. The van der Waals surface area contributed by atoms with Gasteiger partial charge in [-0.15, -0.1) is 16.8 Å². The van der Waals surface area contributed by atoms with Gasteiger partial charge in [0, 0.05) is 28.4 Å². The highest BCUT2D eigenvalue weighted by atomic mass is 35.5. The van der Waals surface area contributed by atoms with Crippen molar-refractivity contribution in [3.63, 3.8) is 0 Å². The van der Waals surface area contributed by atoms with E-state index in [9.17, 15) is 4.39 Å². The largest absolute Gasteiger partial charge is 0.494 e. The number of aromatic nitrogens is 3. The predicted molar refractivity (Wildman–Crippen MR) is 117 cm³/mol. The van der Waals surface area contributed by atoms with Gasteiger partial charge in [0.05, 0.1) is 6.61 Å². The first-order valence-electron chi connectivity index (χ1n) is 9.47. The van der Waals surface area contributed by atoms with Crippen molar-refractivity contribution >= 4 is 23.4 Å². The molecule has 0 spiro atoms. The zero-order chi connectivity index (χ0) is 20.6. The maximum Gasteiger partial charge on any atom is 0.192 e. The molecule has 0 atom stereocenters. The maximum atomic E-state index is 14.1. The van der Waals surface area contributed by atoms with E-state index in [1.54, 1.807) is 18.2 Å². The Bertz CT molecular complexity index is 939. The molecule has 1 aromatic heterocycles. The first-order valence-corrected chi connectivity index (χ1v) is 10.8. The molecule has 3 rings (SSSR count). The second kappa shape index (κ2) is 10.5. The summed E-state index contributed by atoms with van der Waals surface area (Å²) in [6, 6.07) is 12.5. The van der Waals surface area contributed by atoms with Crippen molar-refractivity contribution in [2.75, 3.05) is 6.61 Å². The lowest BCUT2D eigenvalue weighted by molar-refractivity contribution is 0.309. The number of nitrogens with zero attached hydrogens (tertiary/aromatic N) is 3. The fourth-order valence-electron chi connectivity index (χ4n) is 2.74. The summed E-state index contributed by atoms with van der Waals surface area (Å²) in [6.45, 7) is 7.22. The van der Waals surface area contributed by atoms with Crippen LogP contribution in [0.25, 0.3) is 11.4 Å². The quantitative estimate of drug-likeness (QED) is 0.212. The van der Waals surface area contributed by atoms with E-state index in [0.29, 0.717) is 34.6 Å². The molecule has 0 aliphatic heterocycles. The van der Waals surface area contributed by atoms with Crippen LogP contribution >= 0.6 is 23.4 Å². The SMILES string of the molecule is C=CCn1c(SCc2c(F)cccc2Cl)nnc1-c1ccc(OCCCC)cc1. The van der Waals surface area contributed by atoms with Crippen molar-refractivity contribution in [3.05, 3.63) is 71.5 Å². The van der Waals surface area contributed by atoms with Gasteiger partial charge in [-0.1, -0.05) is 48.8 Å². The van der Waals surface area contributed by atoms with Crippen molar-refractivity contribution in [1.29, 1.82) is 0 Å². The van der Waals surface area contributed by atoms with Crippen LogP contribution in [0.2, 0.25) is 5.02 Å². The summed E-state index contributed by atoms with van der Waals surface area (Å²) in [5, 5.41) is 9.74. The van der Waals surface area contributed by atoms with Crippen LogP contribution in [-0.4, -0.2) is 21.4 Å². The zero-order valence-electron chi connectivity index (χ0n) is 16.3. The van der Waals surface area contributed by atoms with Crippen LogP contribution in [-0.2, 0) is 12.3 Å². The van der Waals surface area contributed by atoms with Crippen molar-refractivity contribution in [2.24, 2.45) is 0 Å². The highest BCUT2D eigenvalue weighted by Crippen LogP contribution is 2.30. The minimum absolute atomic E-state index is 0.321. The molecule has 0 bridgehead atoms. The van der Waals surface area contributed by atoms with Crippen molar-refractivity contribution < 1.29 is 9.13 Å². The summed E-state index contributed by atoms with van der Waals surface area (Å²) >= 11 is 7.53. The van der Waals surface area contributed by atoms with E-state index in [-0.39, 0.29) is 5.82 Å². The van der Waals surface area contributed by atoms with Crippen molar-refractivity contribution in [2.45, 2.75) is 37.2 Å². The number of unbranched alkanes of at least 4 members (excludes halogenated alkanes) is 1. The van der Waals surface area contributed by atoms with Crippen LogP contribution in [0.1, 0.15) is 25.3 Å². The summed E-state index contributed by atoms with van der Waals surface area (Å²) < 4.78 is 21.7. The Morgan fingerprint density at radius 2 is 2.00 bits per heavy atom. The molecule has 0 aliphatic carbocycles. The Labute approximate surface area is 179 Å². The summed E-state index contributed by atoms with van der Waals surface area (Å²) in [5.41, 5.74) is 1.39. The monoisotopic (exact) mass is 431 g/mol. The third-order valence-corrected chi connectivity index (χ3v) is 5.66. The van der Waals surface area contributed by atoms with Crippen molar-refractivity contribution in [1.82, 2.24) is 14.8 Å². The molecule has 0 amide bonds. The Balaban J connectivity index is 1.78. The maximum absolute atomic E-state index is 14.1. The molecule has 1 heterocycles. The van der Waals surface area contributed by atoms with Gasteiger partial charge in [-0.25, -0.2) is 4.39 Å². The molecule has 7 heteroatoms. The van der Waals surface area contributed by atoms with E-state index in [1.165, 1.54) is 17.8 Å². The van der Waals surface area contributed by atoms with Gasteiger partial charge in [0.25, 0.3) is 0 Å². The lowest BCUT2D eigenvalue weighted by Crippen LogP contribution is -2.01. The molecular formula is C22H23ClFN3OS. The minimum Gasteiger partial charge on any atom is -0.494 e. The number of benzene rings is 2. The highest BCUT2D eigenvalue weighted by molar-refractivity contribution is 7.98. The normalized spacial score (nSPS) is 10.9. The number of allylic oxidation sites excluding steroid dienone is 1. The second-order valence-electron chi connectivity index (χ2n) is 6.42. The third-order valence-electron chi connectivity index (χ3n) is 4.31. The van der Waals surface area contributed by atoms with Crippen LogP contribution in [0.3, 0.4) is 0 Å². The summed E-state index contributed by atoms with van der Waals surface area (Å²) in [7, 11) is 0. The van der Waals surface area contributed by atoms with E-state index in [2.05, 4.69) is 23.7 Å². The molecule has 4 nitrogen and oxygen atoms in total. The van der Waals surface area contributed by atoms with Gasteiger partial charge in [-0.2, -0.15) is 0 Å². The Morgan fingerprint density at radius 3 is 2.69 bits per heavy atom. The van der Waals surface area contributed by atoms with E-state index in [4.69, 9.17) is 16.3 Å². The van der Waals surface area contributed by atoms with E-state index >= 15 is 0 Å². The Kier molecular flexibility index (Phi) is 7.72. The van der Waals surface area contributed by atoms with Gasteiger partial charge >= 0.3 is 0 Å². The first-order chi connectivity index (χ1) is 14.1. The van der Waals surface area contributed by atoms with Gasteiger partial charge in [-0.3, -0.25) is 4.57 Å². The summed E-state index contributed by atoms with van der Waals surface area (Å²) in [5.74, 6) is 1.61. The molecule has 3 aromatic rings. The number of ether oxygens (including phenoxy) is 1. The third kappa shape index (κ3) is 5.40. The fraction of sp³-hybridized carbons (Fsp3) is 0.273. The van der Waals surface area contributed by atoms with Gasteiger partial charge in [0.2, 0.25) is 0 Å². The Hall–Kier alpha value is -2.31. The average molecular weight is 432 g/mol. The number of rotatable bonds is 10. The second-order valence-corrected chi connectivity index (χ2v) is 7.77. The highest BCUT2D eigenvalue weighted by Gasteiger charge is 2.15. The lowest BCUT2D eigenvalue weighted by atomic mass is 10.2.